The number of anilines is 3. The molecule has 10 heteroatoms. The summed E-state index contributed by atoms with van der Waals surface area (Å²) in [4.78, 5) is 54.3. The largest absolute Gasteiger partial charge is 0.415 e. The number of amides is 2. The van der Waals surface area contributed by atoms with Crippen molar-refractivity contribution in [2.75, 3.05) is 47.8 Å². The molecule has 0 aliphatic carbocycles. The number of benzene rings is 1. The number of carbonyl (C=O) groups is 3. The van der Waals surface area contributed by atoms with Gasteiger partial charge in [-0.1, -0.05) is 46.8 Å². The first-order valence-electron chi connectivity index (χ1n) is 15.6. The summed E-state index contributed by atoms with van der Waals surface area (Å²) in [5.74, 6) is 1.25. The molecule has 1 atom stereocenters. The van der Waals surface area contributed by atoms with E-state index in [1.165, 1.54) is 0 Å². The highest BCUT2D eigenvalue weighted by atomic mass is 16.6. The molecule has 1 N–H and O–H groups in total. The van der Waals surface area contributed by atoms with Crippen LogP contribution in [-0.4, -0.2) is 71.4 Å². The minimum Gasteiger partial charge on any atom is -0.410 e. The molecule has 10 nitrogen and oxygen atoms in total. The van der Waals surface area contributed by atoms with E-state index < -0.39 is 6.04 Å². The molecule has 1 aromatic carbocycles. The van der Waals surface area contributed by atoms with Gasteiger partial charge in [-0.05, 0) is 63.1 Å². The van der Waals surface area contributed by atoms with Crippen molar-refractivity contribution in [3.05, 3.63) is 36.0 Å². The number of nitrogens with zero attached hydrogens (tertiary/aromatic N) is 5. The lowest BCUT2D eigenvalue weighted by atomic mass is 9.86. The highest BCUT2D eigenvalue weighted by Crippen LogP contribution is 2.30. The van der Waals surface area contributed by atoms with Crippen LogP contribution in [0.5, 0.6) is 5.75 Å². The van der Waals surface area contributed by atoms with E-state index in [0.29, 0.717) is 42.6 Å². The Kier molecular flexibility index (Phi) is 11.9. The smallest absolute Gasteiger partial charge is 0.410 e. The van der Waals surface area contributed by atoms with Crippen molar-refractivity contribution in [3.63, 3.8) is 0 Å². The summed E-state index contributed by atoms with van der Waals surface area (Å²) in [6.07, 6.45) is 4.10. The number of ketones is 1. The highest BCUT2D eigenvalue weighted by molar-refractivity contribution is 5.98. The summed E-state index contributed by atoms with van der Waals surface area (Å²) in [5, 5.41) is 3.44. The molecule has 43 heavy (non-hydrogen) atoms. The number of Topliss-reactive ketones (excluding diaryl/α,β-unsaturated/α-hetero) is 1. The maximum absolute atomic E-state index is 13.8. The van der Waals surface area contributed by atoms with E-state index in [9.17, 15) is 14.4 Å². The Balaban J connectivity index is 1.95. The topological polar surface area (TPSA) is 108 Å². The molecule has 2 heterocycles. The predicted molar refractivity (Wildman–Crippen MR) is 172 cm³/mol. The monoisotopic (exact) mass is 594 g/mol. The van der Waals surface area contributed by atoms with Crippen LogP contribution in [-0.2, 0) is 16.0 Å². The summed E-state index contributed by atoms with van der Waals surface area (Å²) >= 11 is 0. The van der Waals surface area contributed by atoms with Gasteiger partial charge in [-0.25, -0.2) is 9.78 Å². The molecule has 1 aromatic heterocycles. The van der Waals surface area contributed by atoms with Gasteiger partial charge >= 0.3 is 6.09 Å². The molecule has 0 bridgehead atoms. The number of rotatable bonds is 13. The fourth-order valence-corrected chi connectivity index (χ4v) is 5.14. The van der Waals surface area contributed by atoms with E-state index in [2.05, 4.69) is 10.3 Å². The van der Waals surface area contributed by atoms with Crippen LogP contribution in [0.15, 0.2) is 30.5 Å². The van der Waals surface area contributed by atoms with Crippen molar-refractivity contribution in [2.24, 2.45) is 11.3 Å². The molecular formula is C33H50N6O4. The van der Waals surface area contributed by atoms with Crippen LogP contribution in [0.3, 0.4) is 0 Å². The van der Waals surface area contributed by atoms with Crippen molar-refractivity contribution in [2.45, 2.75) is 87.1 Å². The lowest BCUT2D eigenvalue weighted by Crippen LogP contribution is -2.38. The lowest BCUT2D eigenvalue weighted by Gasteiger charge is -2.29. The van der Waals surface area contributed by atoms with E-state index in [-0.39, 0.29) is 29.1 Å². The second-order valence-electron chi connectivity index (χ2n) is 12.6. The Bertz CT molecular complexity index is 1230. The SMILES string of the molecule is CCN(CC)c1ncc(N(CC)C(=O)C(C)C)c(NC(Cc2ccc(OC(=O)N3CCCC3)cc2)C(=O)CC(C)(C)C)n1. The van der Waals surface area contributed by atoms with Gasteiger partial charge in [0.05, 0.1) is 12.2 Å². The molecule has 1 aliphatic rings. The number of ether oxygens (including phenoxy) is 1. The third-order valence-corrected chi connectivity index (χ3v) is 7.51. The molecular weight excluding hydrogens is 544 g/mol. The zero-order valence-corrected chi connectivity index (χ0v) is 27.3. The fraction of sp³-hybridized carbons (Fsp3) is 0.606. The Labute approximate surface area is 257 Å². The first-order valence-corrected chi connectivity index (χ1v) is 15.6. The van der Waals surface area contributed by atoms with Crippen LogP contribution in [0.4, 0.5) is 22.2 Å². The first-order chi connectivity index (χ1) is 20.4. The van der Waals surface area contributed by atoms with Gasteiger partial charge in [0.25, 0.3) is 0 Å². The first kappa shape index (κ1) is 33.8. The second-order valence-corrected chi connectivity index (χ2v) is 12.6. The van der Waals surface area contributed by atoms with Gasteiger partial charge in [-0.3, -0.25) is 9.59 Å². The molecule has 2 aromatic rings. The second kappa shape index (κ2) is 15.2. The number of aromatic nitrogens is 2. The van der Waals surface area contributed by atoms with Crippen LogP contribution in [0.25, 0.3) is 0 Å². The molecule has 0 saturated carbocycles. The van der Waals surface area contributed by atoms with Crippen LogP contribution in [0.2, 0.25) is 0 Å². The van der Waals surface area contributed by atoms with Crippen molar-refractivity contribution in [1.29, 1.82) is 0 Å². The third kappa shape index (κ3) is 9.40. The lowest BCUT2D eigenvalue weighted by molar-refractivity contribution is -0.122. The van der Waals surface area contributed by atoms with Crippen LogP contribution in [0, 0.1) is 11.3 Å². The molecule has 1 saturated heterocycles. The normalized spacial score (nSPS) is 14.0. The summed E-state index contributed by atoms with van der Waals surface area (Å²) in [7, 11) is 0. The van der Waals surface area contributed by atoms with Gasteiger partial charge in [-0.2, -0.15) is 4.98 Å². The maximum Gasteiger partial charge on any atom is 0.415 e. The van der Waals surface area contributed by atoms with Gasteiger partial charge in [0.15, 0.2) is 11.6 Å². The van der Waals surface area contributed by atoms with Crippen LogP contribution >= 0.6 is 0 Å². The van der Waals surface area contributed by atoms with Crippen molar-refractivity contribution < 1.29 is 19.1 Å². The number of carbonyl (C=O) groups excluding carboxylic acids is 3. The Morgan fingerprint density at radius 2 is 1.63 bits per heavy atom. The van der Waals surface area contributed by atoms with Gasteiger partial charge in [0, 0.05) is 45.1 Å². The number of nitrogens with one attached hydrogen (secondary N) is 1. The molecule has 1 aliphatic heterocycles. The molecule has 0 radical (unpaired) electrons. The molecule has 0 spiro atoms. The molecule has 236 valence electrons. The Morgan fingerprint density at radius 3 is 2.16 bits per heavy atom. The summed E-state index contributed by atoms with van der Waals surface area (Å²) < 4.78 is 5.57. The quantitative estimate of drug-likeness (QED) is 0.303. The predicted octanol–water partition coefficient (Wildman–Crippen LogP) is 5.95. The number of hydrogen-bond acceptors (Lipinski definition) is 8. The zero-order chi connectivity index (χ0) is 31.7. The third-order valence-electron chi connectivity index (χ3n) is 7.51. The molecule has 2 amide bonds. The average Bonchev–Trinajstić information content (AvgIpc) is 3.50. The summed E-state index contributed by atoms with van der Waals surface area (Å²) in [5.41, 5.74) is 1.25. The van der Waals surface area contributed by atoms with Crippen molar-refractivity contribution in [3.8, 4) is 5.75 Å². The van der Waals surface area contributed by atoms with Gasteiger partial charge < -0.3 is 24.8 Å². The number of hydrogen-bond donors (Lipinski definition) is 1. The minimum absolute atomic E-state index is 0.0404. The average molecular weight is 595 g/mol. The van der Waals surface area contributed by atoms with Gasteiger partial charge in [-0.15, -0.1) is 0 Å². The minimum atomic E-state index is -0.608. The molecule has 1 fully saturated rings. The summed E-state index contributed by atoms with van der Waals surface area (Å²) in [6, 6.07) is 6.69. The van der Waals surface area contributed by atoms with E-state index in [0.717, 1.165) is 44.6 Å². The highest BCUT2D eigenvalue weighted by Gasteiger charge is 2.29. The van der Waals surface area contributed by atoms with Gasteiger partial charge in [0.2, 0.25) is 11.9 Å². The van der Waals surface area contributed by atoms with E-state index >= 15 is 0 Å². The fourth-order valence-electron chi connectivity index (χ4n) is 5.14. The Hall–Kier alpha value is -3.69. The van der Waals surface area contributed by atoms with E-state index in [4.69, 9.17) is 9.72 Å². The zero-order valence-electron chi connectivity index (χ0n) is 27.3. The maximum atomic E-state index is 13.8. The standard InChI is InChI=1S/C33H50N6O4/c1-9-37(10-2)31-34-22-27(39(11-3)30(41)23(4)5)29(36-31)35-26(28(40)21-33(6,7)8)20-24-14-16-25(17-15-24)43-32(42)38-18-12-13-19-38/h14-17,22-23,26H,9-13,18-21H2,1-8H3,(H,34,35,36). The molecule has 1 unspecified atom stereocenters. The summed E-state index contributed by atoms with van der Waals surface area (Å²) in [6.45, 7) is 19.2. The van der Waals surface area contributed by atoms with Crippen LogP contribution in [0.1, 0.15) is 80.2 Å². The van der Waals surface area contributed by atoms with Crippen molar-refractivity contribution in [1.82, 2.24) is 14.9 Å². The Morgan fingerprint density at radius 1 is 1.00 bits per heavy atom. The molecule has 3 rings (SSSR count). The van der Waals surface area contributed by atoms with E-state index in [1.54, 1.807) is 28.1 Å². The van der Waals surface area contributed by atoms with Crippen LogP contribution < -0.4 is 19.9 Å². The van der Waals surface area contributed by atoms with E-state index in [1.807, 2.05) is 72.4 Å². The van der Waals surface area contributed by atoms with Crippen molar-refractivity contribution >= 4 is 35.2 Å². The van der Waals surface area contributed by atoms with Gasteiger partial charge in [0.1, 0.15) is 11.4 Å². The number of likely N-dealkylation sites (tertiary alicyclic amines) is 1.